The number of para-hydroxylation sites is 1. The molecule has 2 rings (SSSR count). The summed E-state index contributed by atoms with van der Waals surface area (Å²) in [6.07, 6.45) is 1.35. The predicted octanol–water partition coefficient (Wildman–Crippen LogP) is 2.20. The molecule has 0 saturated carbocycles. The Morgan fingerprint density at radius 1 is 1.25 bits per heavy atom. The van der Waals surface area contributed by atoms with E-state index in [-0.39, 0.29) is 18.1 Å². The van der Waals surface area contributed by atoms with Gasteiger partial charge in [0.2, 0.25) is 0 Å². The number of nitro benzene ring substituents is 1. The highest BCUT2D eigenvalue weighted by atomic mass is 16.6. The number of nitrogens with zero attached hydrogens (tertiary/aromatic N) is 2. The molecule has 0 heterocycles. The van der Waals surface area contributed by atoms with E-state index in [1.807, 2.05) is 30.3 Å². The van der Waals surface area contributed by atoms with Crippen molar-refractivity contribution in [1.29, 1.82) is 0 Å². The third kappa shape index (κ3) is 4.80. The number of anilines is 2. The van der Waals surface area contributed by atoms with Crippen LogP contribution >= 0.6 is 0 Å². The first-order valence-electron chi connectivity index (χ1n) is 7.17. The summed E-state index contributed by atoms with van der Waals surface area (Å²) in [4.78, 5) is 22.2. The second kappa shape index (κ2) is 8.28. The van der Waals surface area contributed by atoms with Gasteiger partial charge in [-0.15, -0.1) is 0 Å². The number of benzene rings is 2. The summed E-state index contributed by atoms with van der Waals surface area (Å²) in [5.74, 6) is -0.323. The number of amides is 1. The third-order valence-corrected chi connectivity index (χ3v) is 3.12. The van der Waals surface area contributed by atoms with Gasteiger partial charge in [0, 0.05) is 24.4 Å². The number of hydrogen-bond acceptors (Lipinski definition) is 6. The quantitative estimate of drug-likeness (QED) is 0.410. The SMILES string of the molecule is CNc1ccc(/C=N/NC(=O)CNc2ccccc2)cc1[N+](=O)[O-]. The molecule has 1 amide bonds. The van der Waals surface area contributed by atoms with Crippen molar-refractivity contribution in [2.75, 3.05) is 24.2 Å². The van der Waals surface area contributed by atoms with Crippen molar-refractivity contribution in [3.63, 3.8) is 0 Å². The maximum absolute atomic E-state index is 11.7. The fourth-order valence-corrected chi connectivity index (χ4v) is 1.95. The molecule has 8 nitrogen and oxygen atoms in total. The summed E-state index contributed by atoms with van der Waals surface area (Å²) in [5, 5.41) is 20.5. The average molecular weight is 327 g/mol. The van der Waals surface area contributed by atoms with Crippen molar-refractivity contribution in [1.82, 2.24) is 5.43 Å². The number of carbonyl (C=O) groups is 1. The molecular formula is C16H17N5O3. The molecule has 0 aliphatic heterocycles. The van der Waals surface area contributed by atoms with Crippen LogP contribution in [-0.2, 0) is 4.79 Å². The number of carbonyl (C=O) groups excluding carboxylic acids is 1. The van der Waals surface area contributed by atoms with E-state index in [1.165, 1.54) is 12.3 Å². The van der Waals surface area contributed by atoms with Gasteiger partial charge in [-0.1, -0.05) is 24.3 Å². The Morgan fingerprint density at radius 2 is 2.00 bits per heavy atom. The van der Waals surface area contributed by atoms with E-state index in [0.717, 1.165) is 5.69 Å². The van der Waals surface area contributed by atoms with Crippen LogP contribution in [-0.4, -0.2) is 30.6 Å². The van der Waals surface area contributed by atoms with Gasteiger partial charge in [-0.2, -0.15) is 5.10 Å². The van der Waals surface area contributed by atoms with E-state index in [0.29, 0.717) is 11.3 Å². The lowest BCUT2D eigenvalue weighted by Gasteiger charge is -2.04. The number of nitrogens with one attached hydrogen (secondary N) is 3. The van der Waals surface area contributed by atoms with Gasteiger partial charge in [-0.3, -0.25) is 14.9 Å². The molecule has 2 aromatic rings. The lowest BCUT2D eigenvalue weighted by atomic mass is 10.2. The minimum atomic E-state index is -0.481. The monoisotopic (exact) mass is 327 g/mol. The Hall–Kier alpha value is -3.42. The van der Waals surface area contributed by atoms with E-state index >= 15 is 0 Å². The van der Waals surface area contributed by atoms with Crippen LogP contribution < -0.4 is 16.1 Å². The molecule has 0 aliphatic rings. The molecule has 0 aliphatic carbocycles. The number of nitro groups is 1. The Bertz CT molecular complexity index is 747. The zero-order chi connectivity index (χ0) is 17.4. The maximum atomic E-state index is 11.7. The first-order chi connectivity index (χ1) is 11.6. The van der Waals surface area contributed by atoms with Gasteiger partial charge < -0.3 is 10.6 Å². The second-order valence-corrected chi connectivity index (χ2v) is 4.80. The minimum absolute atomic E-state index is 0.0569. The number of hydrogen-bond donors (Lipinski definition) is 3. The molecule has 0 spiro atoms. The molecule has 0 unspecified atom stereocenters. The van der Waals surface area contributed by atoms with Crippen molar-refractivity contribution in [2.24, 2.45) is 5.10 Å². The first kappa shape index (κ1) is 16.9. The van der Waals surface area contributed by atoms with Crippen molar-refractivity contribution >= 4 is 29.2 Å². The van der Waals surface area contributed by atoms with Crippen molar-refractivity contribution < 1.29 is 9.72 Å². The van der Waals surface area contributed by atoms with Crippen LogP contribution in [0.15, 0.2) is 53.6 Å². The van der Waals surface area contributed by atoms with Crippen molar-refractivity contribution in [2.45, 2.75) is 0 Å². The van der Waals surface area contributed by atoms with Gasteiger partial charge in [0.25, 0.3) is 11.6 Å². The lowest BCUT2D eigenvalue weighted by Crippen LogP contribution is -2.25. The molecule has 0 radical (unpaired) electrons. The molecular weight excluding hydrogens is 310 g/mol. The van der Waals surface area contributed by atoms with Crippen LogP contribution in [0.25, 0.3) is 0 Å². The molecule has 8 heteroatoms. The molecule has 0 atom stereocenters. The summed E-state index contributed by atoms with van der Waals surface area (Å²) in [6.45, 7) is 0.0696. The van der Waals surface area contributed by atoms with E-state index in [4.69, 9.17) is 0 Å². The van der Waals surface area contributed by atoms with Crippen LogP contribution in [0.3, 0.4) is 0 Å². The molecule has 3 N–H and O–H groups in total. The van der Waals surface area contributed by atoms with E-state index in [1.54, 1.807) is 19.2 Å². The summed E-state index contributed by atoms with van der Waals surface area (Å²) in [6, 6.07) is 13.9. The summed E-state index contributed by atoms with van der Waals surface area (Å²) in [7, 11) is 1.61. The van der Waals surface area contributed by atoms with Crippen LogP contribution in [0.5, 0.6) is 0 Å². The standard InChI is InChI=1S/C16H17N5O3/c1-17-14-8-7-12(9-15(14)21(23)24)10-19-20-16(22)11-18-13-5-3-2-4-6-13/h2-10,17-18H,11H2,1H3,(H,20,22)/b19-10+. The average Bonchev–Trinajstić information content (AvgIpc) is 2.60. The minimum Gasteiger partial charge on any atom is -0.383 e. The van der Waals surface area contributed by atoms with Gasteiger partial charge in [0.1, 0.15) is 5.69 Å². The largest absolute Gasteiger partial charge is 0.383 e. The molecule has 24 heavy (non-hydrogen) atoms. The summed E-state index contributed by atoms with van der Waals surface area (Å²) < 4.78 is 0. The lowest BCUT2D eigenvalue weighted by molar-refractivity contribution is -0.383. The van der Waals surface area contributed by atoms with Crippen LogP contribution in [0.4, 0.5) is 17.1 Å². The Labute approximate surface area is 138 Å². The topological polar surface area (TPSA) is 109 Å². The Kier molecular flexibility index (Phi) is 5.84. The van der Waals surface area contributed by atoms with Gasteiger partial charge in [-0.05, 0) is 18.2 Å². The van der Waals surface area contributed by atoms with Gasteiger partial charge in [0.05, 0.1) is 17.7 Å². The maximum Gasteiger partial charge on any atom is 0.292 e. The van der Waals surface area contributed by atoms with E-state index < -0.39 is 4.92 Å². The zero-order valence-electron chi connectivity index (χ0n) is 13.0. The summed E-state index contributed by atoms with van der Waals surface area (Å²) in [5.41, 5.74) is 4.05. The number of rotatable bonds is 7. The van der Waals surface area contributed by atoms with Crippen LogP contribution in [0.1, 0.15) is 5.56 Å². The highest BCUT2D eigenvalue weighted by Gasteiger charge is 2.12. The van der Waals surface area contributed by atoms with Gasteiger partial charge in [-0.25, -0.2) is 5.43 Å². The van der Waals surface area contributed by atoms with E-state index in [9.17, 15) is 14.9 Å². The molecule has 0 saturated heterocycles. The van der Waals surface area contributed by atoms with Crippen molar-refractivity contribution in [3.05, 3.63) is 64.2 Å². The summed E-state index contributed by atoms with van der Waals surface area (Å²) >= 11 is 0. The van der Waals surface area contributed by atoms with Crippen molar-refractivity contribution in [3.8, 4) is 0 Å². The highest BCUT2D eigenvalue weighted by Crippen LogP contribution is 2.24. The second-order valence-electron chi connectivity index (χ2n) is 4.80. The third-order valence-electron chi connectivity index (χ3n) is 3.12. The van der Waals surface area contributed by atoms with Crippen LogP contribution in [0.2, 0.25) is 0 Å². The molecule has 124 valence electrons. The zero-order valence-corrected chi connectivity index (χ0v) is 13.0. The normalized spacial score (nSPS) is 10.4. The van der Waals surface area contributed by atoms with E-state index in [2.05, 4.69) is 21.2 Å². The molecule has 0 aromatic heterocycles. The smallest absolute Gasteiger partial charge is 0.292 e. The molecule has 0 bridgehead atoms. The molecule has 2 aromatic carbocycles. The fraction of sp³-hybridized carbons (Fsp3) is 0.125. The fourth-order valence-electron chi connectivity index (χ4n) is 1.95. The van der Waals surface area contributed by atoms with Crippen LogP contribution in [0, 0.1) is 10.1 Å². The highest BCUT2D eigenvalue weighted by molar-refractivity contribution is 5.85. The predicted molar refractivity (Wildman–Crippen MR) is 93.3 cm³/mol. The number of hydrazone groups is 1. The Balaban J connectivity index is 1.90. The Morgan fingerprint density at radius 3 is 2.67 bits per heavy atom. The molecule has 0 fully saturated rings. The van der Waals surface area contributed by atoms with Gasteiger partial charge >= 0.3 is 0 Å². The first-order valence-corrected chi connectivity index (χ1v) is 7.17. The van der Waals surface area contributed by atoms with Gasteiger partial charge in [0.15, 0.2) is 0 Å².